The van der Waals surface area contributed by atoms with Crippen molar-refractivity contribution >= 4 is 11.6 Å². The lowest BCUT2D eigenvalue weighted by Gasteiger charge is -2.20. The Kier molecular flexibility index (Phi) is 6.13. The van der Waals surface area contributed by atoms with Gasteiger partial charge in [-0.25, -0.2) is 8.78 Å². The van der Waals surface area contributed by atoms with Crippen LogP contribution in [0.1, 0.15) is 17.5 Å². The van der Waals surface area contributed by atoms with E-state index >= 15 is 0 Å². The van der Waals surface area contributed by atoms with Gasteiger partial charge in [0.1, 0.15) is 18.2 Å². The van der Waals surface area contributed by atoms with E-state index in [2.05, 4.69) is 5.16 Å². The molecule has 0 aromatic heterocycles. The van der Waals surface area contributed by atoms with Crippen LogP contribution in [0.5, 0.6) is 0 Å². The third kappa shape index (κ3) is 5.10. The molecule has 1 unspecified atom stereocenters. The predicted octanol–water partition coefficient (Wildman–Crippen LogP) is 3.13. The van der Waals surface area contributed by atoms with E-state index in [1.807, 2.05) is 30.3 Å². The van der Waals surface area contributed by atoms with Gasteiger partial charge in [0.2, 0.25) is 5.91 Å². The summed E-state index contributed by atoms with van der Waals surface area (Å²) in [6.45, 7) is 0.610. The zero-order chi connectivity index (χ0) is 19.2. The zero-order valence-electron chi connectivity index (χ0n) is 14.9. The fraction of sp³-hybridized carbons (Fsp3) is 0.300. The summed E-state index contributed by atoms with van der Waals surface area (Å²) in [5.41, 5.74) is 1.60. The first-order chi connectivity index (χ1) is 13.0. The fourth-order valence-corrected chi connectivity index (χ4v) is 2.76. The molecule has 142 valence electrons. The number of likely N-dealkylation sites (N-methyl/N-ethyl adjacent to an activating group) is 1. The summed E-state index contributed by atoms with van der Waals surface area (Å²) in [5.74, 6) is -1.51. The van der Waals surface area contributed by atoms with E-state index in [0.29, 0.717) is 25.3 Å². The van der Waals surface area contributed by atoms with Crippen molar-refractivity contribution in [2.24, 2.45) is 5.16 Å². The number of hydrogen-bond acceptors (Lipinski definition) is 4. The Morgan fingerprint density at radius 3 is 2.78 bits per heavy atom. The highest BCUT2D eigenvalue weighted by molar-refractivity contribution is 6.01. The first-order valence-electron chi connectivity index (χ1n) is 8.56. The van der Waals surface area contributed by atoms with Crippen LogP contribution in [0, 0.1) is 11.6 Å². The molecule has 5 nitrogen and oxygen atoms in total. The van der Waals surface area contributed by atoms with Crippen molar-refractivity contribution in [3.8, 4) is 0 Å². The molecular weight excluding hydrogens is 354 g/mol. The summed E-state index contributed by atoms with van der Waals surface area (Å²) in [6, 6.07) is 12.9. The largest absolute Gasteiger partial charge is 0.390 e. The maximum atomic E-state index is 13.8. The molecule has 3 rings (SSSR count). The lowest BCUT2D eigenvalue weighted by atomic mass is 10.0. The minimum absolute atomic E-state index is 0.0432. The Balaban J connectivity index is 1.44. The highest BCUT2D eigenvalue weighted by Crippen LogP contribution is 2.20. The van der Waals surface area contributed by atoms with Crippen molar-refractivity contribution in [2.75, 3.05) is 20.2 Å². The van der Waals surface area contributed by atoms with Crippen molar-refractivity contribution in [1.29, 1.82) is 0 Å². The van der Waals surface area contributed by atoms with Crippen LogP contribution in [0.25, 0.3) is 0 Å². The standard InChI is InChI=1S/C20H20F2N2O3/c1-24(20(25)13-26-12-14-5-3-2-4-6-14)11-16-10-19(23-27-16)17-8-7-15(21)9-18(17)22/h2-9,16H,10-13H2,1H3. The molecule has 1 heterocycles. The van der Waals surface area contributed by atoms with E-state index in [9.17, 15) is 13.6 Å². The summed E-state index contributed by atoms with van der Waals surface area (Å²) in [7, 11) is 1.65. The van der Waals surface area contributed by atoms with Gasteiger partial charge >= 0.3 is 0 Å². The molecule has 27 heavy (non-hydrogen) atoms. The molecule has 1 aliphatic rings. The lowest BCUT2D eigenvalue weighted by Crippen LogP contribution is -2.36. The molecule has 0 bridgehead atoms. The van der Waals surface area contributed by atoms with Crippen LogP contribution in [0.15, 0.2) is 53.7 Å². The summed E-state index contributed by atoms with van der Waals surface area (Å²) in [5, 5.41) is 3.88. The quantitative estimate of drug-likeness (QED) is 0.748. The van der Waals surface area contributed by atoms with Crippen LogP contribution in [0.4, 0.5) is 8.78 Å². The highest BCUT2D eigenvalue weighted by atomic mass is 19.1. The fourth-order valence-electron chi connectivity index (χ4n) is 2.76. The first kappa shape index (κ1) is 19.0. The van der Waals surface area contributed by atoms with E-state index in [4.69, 9.17) is 9.57 Å². The van der Waals surface area contributed by atoms with E-state index in [1.165, 1.54) is 17.0 Å². The summed E-state index contributed by atoms with van der Waals surface area (Å²) >= 11 is 0. The molecule has 0 aliphatic carbocycles. The maximum Gasteiger partial charge on any atom is 0.248 e. The molecule has 0 spiro atoms. The van der Waals surface area contributed by atoms with Crippen LogP contribution in [-0.2, 0) is 21.0 Å². The second kappa shape index (κ2) is 8.73. The van der Waals surface area contributed by atoms with Gasteiger partial charge in [0.15, 0.2) is 6.10 Å². The normalized spacial score (nSPS) is 16.0. The number of carbonyl (C=O) groups is 1. The molecular formula is C20H20F2N2O3. The number of rotatable bonds is 7. The van der Waals surface area contributed by atoms with Gasteiger partial charge in [-0.15, -0.1) is 0 Å². The van der Waals surface area contributed by atoms with Gasteiger partial charge in [-0.1, -0.05) is 35.5 Å². The van der Waals surface area contributed by atoms with Gasteiger partial charge in [-0.05, 0) is 17.7 Å². The molecule has 0 fully saturated rings. The summed E-state index contributed by atoms with van der Waals surface area (Å²) < 4.78 is 32.3. The molecule has 1 aliphatic heterocycles. The minimum Gasteiger partial charge on any atom is -0.390 e. The number of ether oxygens (including phenoxy) is 1. The Hall–Kier alpha value is -2.80. The zero-order valence-corrected chi connectivity index (χ0v) is 14.9. The van der Waals surface area contributed by atoms with Crippen LogP contribution >= 0.6 is 0 Å². The maximum absolute atomic E-state index is 13.8. The van der Waals surface area contributed by atoms with Crippen LogP contribution < -0.4 is 0 Å². The smallest absolute Gasteiger partial charge is 0.248 e. The van der Waals surface area contributed by atoms with E-state index in [-0.39, 0.29) is 24.2 Å². The molecule has 0 N–H and O–H groups in total. The van der Waals surface area contributed by atoms with Crippen LogP contribution in [0.3, 0.4) is 0 Å². The number of hydrogen-bond donors (Lipinski definition) is 0. The number of amides is 1. The van der Waals surface area contributed by atoms with Gasteiger partial charge in [-0.3, -0.25) is 4.79 Å². The van der Waals surface area contributed by atoms with Crippen molar-refractivity contribution in [3.05, 3.63) is 71.3 Å². The average Bonchev–Trinajstić information content (AvgIpc) is 3.10. The minimum atomic E-state index is -0.684. The Labute approximate surface area is 156 Å². The average molecular weight is 374 g/mol. The first-order valence-corrected chi connectivity index (χ1v) is 8.56. The second-order valence-electron chi connectivity index (χ2n) is 6.35. The lowest BCUT2D eigenvalue weighted by molar-refractivity contribution is -0.136. The summed E-state index contributed by atoms with van der Waals surface area (Å²) in [4.78, 5) is 19.0. The molecule has 0 saturated carbocycles. The van der Waals surface area contributed by atoms with E-state index < -0.39 is 11.6 Å². The van der Waals surface area contributed by atoms with Crippen LogP contribution in [-0.4, -0.2) is 42.8 Å². The van der Waals surface area contributed by atoms with Gasteiger partial charge in [0.25, 0.3) is 0 Å². The Morgan fingerprint density at radius 2 is 2.04 bits per heavy atom. The molecule has 1 amide bonds. The molecule has 1 atom stereocenters. The third-order valence-corrected chi connectivity index (χ3v) is 4.22. The number of halogens is 2. The van der Waals surface area contributed by atoms with Crippen molar-refractivity contribution < 1.29 is 23.1 Å². The monoisotopic (exact) mass is 374 g/mol. The molecule has 7 heteroatoms. The molecule has 0 saturated heterocycles. The number of carbonyl (C=O) groups excluding carboxylic acids is 1. The van der Waals surface area contributed by atoms with Crippen molar-refractivity contribution in [3.63, 3.8) is 0 Å². The van der Waals surface area contributed by atoms with Gasteiger partial charge in [0, 0.05) is 25.1 Å². The number of benzene rings is 2. The Bertz CT molecular complexity index is 827. The number of nitrogens with zero attached hydrogens (tertiary/aromatic N) is 2. The second-order valence-corrected chi connectivity index (χ2v) is 6.35. The predicted molar refractivity (Wildman–Crippen MR) is 96.1 cm³/mol. The SMILES string of the molecule is CN(CC1CC(c2ccc(F)cc2F)=NO1)C(=O)COCc1ccccc1. The van der Waals surface area contributed by atoms with Gasteiger partial charge in [0.05, 0.1) is 18.9 Å². The van der Waals surface area contributed by atoms with Gasteiger partial charge in [-0.2, -0.15) is 0 Å². The highest BCUT2D eigenvalue weighted by Gasteiger charge is 2.26. The van der Waals surface area contributed by atoms with Gasteiger partial charge < -0.3 is 14.5 Å². The van der Waals surface area contributed by atoms with Crippen molar-refractivity contribution in [1.82, 2.24) is 4.90 Å². The summed E-state index contributed by atoms with van der Waals surface area (Å²) in [6.07, 6.45) is -0.0436. The molecule has 2 aromatic rings. The topological polar surface area (TPSA) is 51.1 Å². The molecule has 2 aromatic carbocycles. The molecule has 0 radical (unpaired) electrons. The van der Waals surface area contributed by atoms with E-state index in [0.717, 1.165) is 11.6 Å². The van der Waals surface area contributed by atoms with Crippen LogP contribution in [0.2, 0.25) is 0 Å². The van der Waals surface area contributed by atoms with E-state index in [1.54, 1.807) is 7.05 Å². The number of oxime groups is 1. The van der Waals surface area contributed by atoms with Crippen molar-refractivity contribution in [2.45, 2.75) is 19.1 Å². The Morgan fingerprint density at radius 1 is 1.26 bits per heavy atom. The third-order valence-electron chi connectivity index (χ3n) is 4.22.